The molecule has 2 aromatic carbocycles. The van der Waals surface area contributed by atoms with E-state index in [4.69, 9.17) is 14.2 Å². The standard InChI is InChI=1S/C17H18O5S/c18-23(19,15-6-2-1-3-7-15)17-9-5-4-8-16(17)21-11-10-20-12-14-13-22-14/h1-9,14H,10-13H2. The lowest BCUT2D eigenvalue weighted by Gasteiger charge is -2.12. The van der Waals surface area contributed by atoms with Crippen LogP contribution >= 0.6 is 0 Å². The van der Waals surface area contributed by atoms with E-state index in [0.717, 1.165) is 6.61 Å². The second-order valence-corrected chi connectivity index (χ2v) is 7.06. The third kappa shape index (κ3) is 4.10. The van der Waals surface area contributed by atoms with E-state index in [0.29, 0.717) is 19.0 Å². The van der Waals surface area contributed by atoms with Crippen LogP contribution in [0.4, 0.5) is 0 Å². The first-order valence-corrected chi connectivity index (χ1v) is 8.87. The van der Waals surface area contributed by atoms with Gasteiger partial charge in [0.1, 0.15) is 23.4 Å². The molecular weight excluding hydrogens is 316 g/mol. The molecule has 1 atom stereocenters. The van der Waals surface area contributed by atoms with Gasteiger partial charge in [0.05, 0.1) is 24.7 Å². The fourth-order valence-electron chi connectivity index (χ4n) is 2.11. The molecule has 1 aliphatic rings. The average Bonchev–Trinajstić information content (AvgIpc) is 3.40. The Bertz CT molecular complexity index is 739. The Morgan fingerprint density at radius 2 is 1.70 bits per heavy atom. The number of ether oxygens (including phenoxy) is 3. The molecule has 0 saturated carbocycles. The van der Waals surface area contributed by atoms with Crippen LogP contribution in [0.3, 0.4) is 0 Å². The second kappa shape index (κ2) is 7.12. The van der Waals surface area contributed by atoms with Crippen molar-refractivity contribution in [1.82, 2.24) is 0 Å². The largest absolute Gasteiger partial charge is 0.490 e. The maximum atomic E-state index is 12.7. The fourth-order valence-corrected chi connectivity index (χ4v) is 3.53. The van der Waals surface area contributed by atoms with Gasteiger partial charge in [-0.25, -0.2) is 8.42 Å². The molecule has 3 rings (SSSR count). The van der Waals surface area contributed by atoms with Crippen molar-refractivity contribution in [2.75, 3.05) is 26.4 Å². The smallest absolute Gasteiger partial charge is 0.210 e. The lowest BCUT2D eigenvalue weighted by molar-refractivity contribution is 0.0870. The Morgan fingerprint density at radius 1 is 1.00 bits per heavy atom. The summed E-state index contributed by atoms with van der Waals surface area (Å²) in [5, 5.41) is 0. The summed E-state index contributed by atoms with van der Waals surface area (Å²) in [6.45, 7) is 1.97. The molecule has 0 aromatic heterocycles. The molecule has 1 aliphatic heterocycles. The first-order chi connectivity index (χ1) is 11.2. The van der Waals surface area contributed by atoms with Gasteiger partial charge in [-0.3, -0.25) is 0 Å². The van der Waals surface area contributed by atoms with E-state index in [9.17, 15) is 8.42 Å². The van der Waals surface area contributed by atoms with Crippen molar-refractivity contribution >= 4 is 9.84 Å². The van der Waals surface area contributed by atoms with Crippen LogP contribution in [0.2, 0.25) is 0 Å². The van der Waals surface area contributed by atoms with Crippen LogP contribution in [0.15, 0.2) is 64.4 Å². The second-order valence-electron chi connectivity index (χ2n) is 5.14. The van der Waals surface area contributed by atoms with Gasteiger partial charge in [0.2, 0.25) is 9.84 Å². The fraction of sp³-hybridized carbons (Fsp3) is 0.294. The van der Waals surface area contributed by atoms with Gasteiger partial charge >= 0.3 is 0 Å². The quantitative estimate of drug-likeness (QED) is 0.547. The number of epoxide rings is 1. The summed E-state index contributed by atoms with van der Waals surface area (Å²) in [5.41, 5.74) is 0. The summed E-state index contributed by atoms with van der Waals surface area (Å²) < 4.78 is 41.5. The molecule has 122 valence electrons. The van der Waals surface area contributed by atoms with Gasteiger partial charge in [-0.05, 0) is 24.3 Å². The summed E-state index contributed by atoms with van der Waals surface area (Å²) in [6.07, 6.45) is 0.209. The predicted octanol–water partition coefficient (Wildman–Crippen LogP) is 2.31. The molecule has 0 bridgehead atoms. The van der Waals surface area contributed by atoms with Gasteiger partial charge in [0.25, 0.3) is 0 Å². The van der Waals surface area contributed by atoms with Crippen LogP contribution in [0.25, 0.3) is 0 Å². The lowest BCUT2D eigenvalue weighted by Crippen LogP contribution is -2.12. The monoisotopic (exact) mass is 334 g/mol. The number of sulfone groups is 1. The highest BCUT2D eigenvalue weighted by molar-refractivity contribution is 7.91. The van der Waals surface area contributed by atoms with Crippen LogP contribution in [-0.4, -0.2) is 40.9 Å². The number of hydrogen-bond donors (Lipinski definition) is 0. The Morgan fingerprint density at radius 3 is 2.43 bits per heavy atom. The van der Waals surface area contributed by atoms with Gasteiger partial charge in [-0.2, -0.15) is 0 Å². The molecule has 1 unspecified atom stereocenters. The molecule has 5 nitrogen and oxygen atoms in total. The lowest BCUT2D eigenvalue weighted by atomic mass is 10.3. The highest BCUT2D eigenvalue weighted by Gasteiger charge is 2.23. The first kappa shape index (κ1) is 16.0. The van der Waals surface area contributed by atoms with E-state index < -0.39 is 9.84 Å². The van der Waals surface area contributed by atoms with Gasteiger partial charge in [-0.1, -0.05) is 30.3 Å². The van der Waals surface area contributed by atoms with Crippen LogP contribution < -0.4 is 4.74 Å². The molecule has 0 radical (unpaired) electrons. The number of benzene rings is 2. The molecule has 0 spiro atoms. The molecule has 0 aliphatic carbocycles. The van der Waals surface area contributed by atoms with Crippen molar-refractivity contribution in [1.29, 1.82) is 0 Å². The van der Waals surface area contributed by atoms with Crippen molar-refractivity contribution < 1.29 is 22.6 Å². The average molecular weight is 334 g/mol. The molecule has 23 heavy (non-hydrogen) atoms. The minimum absolute atomic E-state index is 0.164. The molecular formula is C17H18O5S. The Labute approximate surface area is 135 Å². The van der Waals surface area contributed by atoms with E-state index in [-0.39, 0.29) is 22.5 Å². The van der Waals surface area contributed by atoms with Crippen LogP contribution in [0, 0.1) is 0 Å². The predicted molar refractivity (Wildman–Crippen MR) is 84.4 cm³/mol. The van der Waals surface area contributed by atoms with E-state index >= 15 is 0 Å². The zero-order valence-electron chi connectivity index (χ0n) is 12.6. The molecule has 2 aromatic rings. The van der Waals surface area contributed by atoms with Gasteiger partial charge < -0.3 is 14.2 Å². The molecule has 1 fully saturated rings. The zero-order valence-corrected chi connectivity index (χ0v) is 13.4. The Hall–Kier alpha value is -1.89. The van der Waals surface area contributed by atoms with Crippen molar-refractivity contribution in [3.05, 3.63) is 54.6 Å². The van der Waals surface area contributed by atoms with E-state index in [1.807, 2.05) is 0 Å². The summed E-state index contributed by atoms with van der Waals surface area (Å²) >= 11 is 0. The maximum absolute atomic E-state index is 12.7. The van der Waals surface area contributed by atoms with Gasteiger partial charge in [0, 0.05) is 0 Å². The van der Waals surface area contributed by atoms with Gasteiger partial charge in [-0.15, -0.1) is 0 Å². The summed E-state index contributed by atoms with van der Waals surface area (Å²) in [6, 6.07) is 15.0. The van der Waals surface area contributed by atoms with E-state index in [1.165, 1.54) is 0 Å². The third-order valence-corrected chi connectivity index (χ3v) is 5.19. The third-order valence-electron chi connectivity index (χ3n) is 3.38. The van der Waals surface area contributed by atoms with Crippen LogP contribution in [0.1, 0.15) is 0 Å². The van der Waals surface area contributed by atoms with E-state index in [2.05, 4.69) is 0 Å². The summed E-state index contributed by atoms with van der Waals surface area (Å²) in [4.78, 5) is 0.412. The SMILES string of the molecule is O=S(=O)(c1ccccc1)c1ccccc1OCCOCC1CO1. The molecule has 0 N–H and O–H groups in total. The van der Waals surface area contributed by atoms with Gasteiger partial charge in [0.15, 0.2) is 0 Å². The Balaban J connectivity index is 1.69. The molecule has 6 heteroatoms. The van der Waals surface area contributed by atoms with Crippen LogP contribution in [0.5, 0.6) is 5.75 Å². The highest BCUT2D eigenvalue weighted by atomic mass is 32.2. The van der Waals surface area contributed by atoms with Crippen molar-refractivity contribution in [3.8, 4) is 5.75 Å². The normalized spacial score (nSPS) is 17.0. The van der Waals surface area contributed by atoms with Crippen molar-refractivity contribution in [3.63, 3.8) is 0 Å². The van der Waals surface area contributed by atoms with Crippen LogP contribution in [-0.2, 0) is 19.3 Å². The zero-order chi connectivity index (χ0) is 16.1. The number of hydrogen-bond acceptors (Lipinski definition) is 5. The minimum atomic E-state index is -3.60. The number of para-hydroxylation sites is 1. The van der Waals surface area contributed by atoms with Crippen molar-refractivity contribution in [2.45, 2.75) is 15.9 Å². The molecule has 0 amide bonds. The molecule has 1 saturated heterocycles. The summed E-state index contributed by atoms with van der Waals surface area (Å²) in [7, 11) is -3.60. The Kier molecular flexibility index (Phi) is 4.95. The van der Waals surface area contributed by atoms with Crippen molar-refractivity contribution in [2.24, 2.45) is 0 Å². The maximum Gasteiger partial charge on any atom is 0.210 e. The number of rotatable bonds is 8. The minimum Gasteiger partial charge on any atom is -0.490 e. The molecule has 1 heterocycles. The summed E-state index contributed by atoms with van der Waals surface area (Å²) in [5.74, 6) is 0.336. The first-order valence-electron chi connectivity index (χ1n) is 7.39. The highest BCUT2D eigenvalue weighted by Crippen LogP contribution is 2.29. The van der Waals surface area contributed by atoms with E-state index in [1.54, 1.807) is 54.6 Å². The topological polar surface area (TPSA) is 65.1 Å².